The second-order valence-electron chi connectivity index (χ2n) is 5.76. The number of aliphatic hydroxyl groups is 2. The smallest absolute Gasteiger partial charge is 0.309 e. The molecular formula is C15H22O4. The molecule has 1 saturated heterocycles. The number of fused-ring (bicyclic) bond motifs is 1. The largest absolute Gasteiger partial charge is 0.457 e. The fourth-order valence-corrected chi connectivity index (χ4v) is 2.93. The maximum atomic E-state index is 11.7. The van der Waals surface area contributed by atoms with Gasteiger partial charge in [-0.3, -0.25) is 4.79 Å². The molecule has 19 heavy (non-hydrogen) atoms. The third-order valence-corrected chi connectivity index (χ3v) is 4.23. The minimum absolute atomic E-state index is 0.260. The van der Waals surface area contributed by atoms with Gasteiger partial charge in [-0.25, -0.2) is 0 Å². The Labute approximate surface area is 113 Å². The first-order valence-electron chi connectivity index (χ1n) is 6.81. The van der Waals surface area contributed by atoms with Gasteiger partial charge in [0.25, 0.3) is 0 Å². The Balaban J connectivity index is 2.30. The summed E-state index contributed by atoms with van der Waals surface area (Å²) >= 11 is 0. The van der Waals surface area contributed by atoms with E-state index in [9.17, 15) is 15.0 Å². The lowest BCUT2D eigenvalue weighted by Gasteiger charge is -2.27. The lowest BCUT2D eigenvalue weighted by Crippen LogP contribution is -2.33. The molecule has 4 heteroatoms. The van der Waals surface area contributed by atoms with E-state index < -0.39 is 12.2 Å². The van der Waals surface area contributed by atoms with E-state index in [2.05, 4.69) is 6.58 Å². The second kappa shape index (κ2) is 5.47. The average molecular weight is 266 g/mol. The molecule has 1 aliphatic carbocycles. The Morgan fingerprint density at radius 2 is 2.11 bits per heavy atom. The van der Waals surface area contributed by atoms with Crippen LogP contribution in [0.25, 0.3) is 0 Å². The zero-order valence-corrected chi connectivity index (χ0v) is 11.5. The molecule has 1 heterocycles. The number of aliphatic hydroxyl groups excluding tert-OH is 2. The van der Waals surface area contributed by atoms with Crippen molar-refractivity contribution in [2.45, 2.75) is 51.4 Å². The maximum Gasteiger partial charge on any atom is 0.309 e. The molecule has 2 N–H and O–H groups in total. The molecule has 0 unspecified atom stereocenters. The predicted molar refractivity (Wildman–Crippen MR) is 71.3 cm³/mol. The van der Waals surface area contributed by atoms with Crippen LogP contribution in [0.3, 0.4) is 0 Å². The molecule has 0 bridgehead atoms. The van der Waals surface area contributed by atoms with Crippen LogP contribution in [0.2, 0.25) is 0 Å². The van der Waals surface area contributed by atoms with Gasteiger partial charge >= 0.3 is 5.97 Å². The lowest BCUT2D eigenvalue weighted by molar-refractivity contribution is -0.142. The predicted octanol–water partition coefficient (Wildman–Crippen LogP) is 1.57. The second-order valence-corrected chi connectivity index (χ2v) is 5.76. The van der Waals surface area contributed by atoms with E-state index in [1.165, 1.54) is 0 Å². The summed E-state index contributed by atoms with van der Waals surface area (Å²) in [5.74, 6) is -0.846. The molecule has 5 atom stereocenters. The number of allylic oxidation sites excluding steroid dienone is 1. The molecule has 0 radical (unpaired) electrons. The van der Waals surface area contributed by atoms with Crippen molar-refractivity contribution in [3.63, 3.8) is 0 Å². The van der Waals surface area contributed by atoms with Crippen LogP contribution in [0.1, 0.15) is 33.1 Å². The van der Waals surface area contributed by atoms with E-state index >= 15 is 0 Å². The third kappa shape index (κ3) is 2.90. The van der Waals surface area contributed by atoms with E-state index in [4.69, 9.17) is 4.74 Å². The highest BCUT2D eigenvalue weighted by Gasteiger charge is 2.45. The van der Waals surface area contributed by atoms with Gasteiger partial charge in [-0.05, 0) is 37.8 Å². The van der Waals surface area contributed by atoms with E-state index in [1.54, 1.807) is 6.92 Å². The van der Waals surface area contributed by atoms with Crippen molar-refractivity contribution >= 4 is 5.97 Å². The topological polar surface area (TPSA) is 66.8 Å². The van der Waals surface area contributed by atoms with Crippen LogP contribution in [0.15, 0.2) is 23.8 Å². The van der Waals surface area contributed by atoms with E-state index in [0.717, 1.165) is 12.0 Å². The van der Waals surface area contributed by atoms with Crippen molar-refractivity contribution in [1.29, 1.82) is 0 Å². The van der Waals surface area contributed by atoms with Crippen molar-refractivity contribution in [2.24, 2.45) is 11.8 Å². The molecule has 1 aliphatic heterocycles. The SMILES string of the molecule is C=C1C[C@@H](O)[C@H]2[C@H](C)C(=O)O[C@@H]2/C=C(\C)CC[C@@H]1O. The van der Waals surface area contributed by atoms with Crippen LogP contribution in [0, 0.1) is 11.8 Å². The fourth-order valence-electron chi connectivity index (χ4n) is 2.93. The van der Waals surface area contributed by atoms with E-state index in [1.807, 2.05) is 13.0 Å². The Bertz CT molecular complexity index is 412. The van der Waals surface area contributed by atoms with Gasteiger partial charge in [0.05, 0.1) is 18.1 Å². The van der Waals surface area contributed by atoms with Crippen LogP contribution in [-0.4, -0.2) is 34.5 Å². The Morgan fingerprint density at radius 1 is 1.42 bits per heavy atom. The molecule has 2 aliphatic rings. The summed E-state index contributed by atoms with van der Waals surface area (Å²) in [6.45, 7) is 7.59. The van der Waals surface area contributed by atoms with Crippen LogP contribution in [-0.2, 0) is 9.53 Å². The summed E-state index contributed by atoms with van der Waals surface area (Å²) in [5, 5.41) is 20.3. The van der Waals surface area contributed by atoms with Crippen molar-refractivity contribution in [1.82, 2.24) is 0 Å². The minimum Gasteiger partial charge on any atom is -0.457 e. The first-order valence-corrected chi connectivity index (χ1v) is 6.81. The molecule has 0 amide bonds. The first kappa shape index (κ1) is 14.3. The van der Waals surface area contributed by atoms with Crippen LogP contribution in [0.4, 0.5) is 0 Å². The highest BCUT2D eigenvalue weighted by molar-refractivity contribution is 5.75. The van der Waals surface area contributed by atoms with Crippen LogP contribution >= 0.6 is 0 Å². The molecule has 0 aromatic carbocycles. The molecule has 2 rings (SSSR count). The summed E-state index contributed by atoms with van der Waals surface area (Å²) < 4.78 is 5.34. The van der Waals surface area contributed by atoms with Crippen molar-refractivity contribution in [2.75, 3.05) is 0 Å². The zero-order chi connectivity index (χ0) is 14.2. The van der Waals surface area contributed by atoms with Crippen LogP contribution < -0.4 is 0 Å². The Hall–Kier alpha value is -1.13. The molecule has 4 nitrogen and oxygen atoms in total. The summed E-state index contributed by atoms with van der Waals surface area (Å²) in [5.41, 5.74) is 1.70. The standard InChI is InChI=1S/C15H22O4/c1-8-4-5-11(16)9(2)7-12(17)14-10(3)15(18)19-13(14)6-8/h6,10-14,16-17H,2,4-5,7H2,1,3H3/b8-6+/t10-,11-,12+,13+,14+/m0/s1. The van der Waals surface area contributed by atoms with Gasteiger partial charge in [-0.2, -0.15) is 0 Å². The van der Waals surface area contributed by atoms with Gasteiger partial charge in [0.15, 0.2) is 0 Å². The van der Waals surface area contributed by atoms with E-state index in [-0.39, 0.29) is 23.9 Å². The first-order chi connectivity index (χ1) is 8.90. The number of carbonyl (C=O) groups excluding carboxylic acids is 1. The fraction of sp³-hybridized carbons (Fsp3) is 0.667. The molecular weight excluding hydrogens is 244 g/mol. The van der Waals surface area contributed by atoms with Crippen molar-refractivity contribution in [3.05, 3.63) is 23.8 Å². The maximum absolute atomic E-state index is 11.7. The number of ether oxygens (including phenoxy) is 1. The number of hydrogen-bond acceptors (Lipinski definition) is 4. The molecule has 0 aromatic heterocycles. The van der Waals surface area contributed by atoms with Crippen molar-refractivity contribution < 1.29 is 19.7 Å². The van der Waals surface area contributed by atoms with Crippen LogP contribution in [0.5, 0.6) is 0 Å². The van der Waals surface area contributed by atoms with Gasteiger partial charge in [-0.15, -0.1) is 0 Å². The summed E-state index contributed by atoms with van der Waals surface area (Å²) in [4.78, 5) is 11.7. The Kier molecular flexibility index (Phi) is 4.11. The quantitative estimate of drug-likeness (QED) is 0.516. The minimum atomic E-state index is -0.712. The third-order valence-electron chi connectivity index (χ3n) is 4.23. The van der Waals surface area contributed by atoms with Gasteiger partial charge in [0.1, 0.15) is 6.10 Å². The van der Waals surface area contributed by atoms with E-state index in [0.29, 0.717) is 18.4 Å². The zero-order valence-electron chi connectivity index (χ0n) is 11.5. The van der Waals surface area contributed by atoms with Gasteiger partial charge in [0, 0.05) is 5.92 Å². The molecule has 106 valence electrons. The van der Waals surface area contributed by atoms with Gasteiger partial charge < -0.3 is 14.9 Å². The molecule has 0 aromatic rings. The number of esters is 1. The highest BCUT2D eigenvalue weighted by Crippen LogP contribution is 2.36. The highest BCUT2D eigenvalue weighted by atomic mass is 16.6. The van der Waals surface area contributed by atoms with Gasteiger partial charge in [0.2, 0.25) is 0 Å². The number of carbonyl (C=O) groups is 1. The number of rotatable bonds is 0. The average Bonchev–Trinajstić information content (AvgIpc) is 2.60. The molecule has 0 saturated carbocycles. The number of hydrogen-bond donors (Lipinski definition) is 2. The monoisotopic (exact) mass is 266 g/mol. The summed E-state index contributed by atoms with van der Waals surface area (Å²) in [6, 6.07) is 0. The van der Waals surface area contributed by atoms with Gasteiger partial charge in [-0.1, -0.05) is 19.1 Å². The normalized spacial score (nSPS) is 43.2. The Morgan fingerprint density at radius 3 is 2.79 bits per heavy atom. The van der Waals surface area contributed by atoms with Crippen molar-refractivity contribution in [3.8, 4) is 0 Å². The summed E-state index contributed by atoms with van der Waals surface area (Å²) in [6.07, 6.45) is 1.89. The lowest BCUT2D eigenvalue weighted by atomic mass is 9.81. The summed E-state index contributed by atoms with van der Waals surface area (Å²) in [7, 11) is 0. The molecule has 1 fully saturated rings. The molecule has 0 spiro atoms.